The molecule has 0 aliphatic carbocycles. The Hall–Kier alpha value is -6.71. The fourth-order valence-corrected chi connectivity index (χ4v) is 9.72. The monoisotopic (exact) mass is 969 g/mol. The Labute approximate surface area is 416 Å². The van der Waals surface area contributed by atoms with E-state index in [4.69, 9.17) is 18.9 Å². The van der Waals surface area contributed by atoms with Crippen LogP contribution in [0.15, 0.2) is 89.1 Å². The fourth-order valence-electron chi connectivity index (χ4n) is 9.72. The molecule has 0 radical (unpaired) electrons. The van der Waals surface area contributed by atoms with Crippen LogP contribution in [0.1, 0.15) is 76.1 Å². The number of nitrogens with one attached hydrogen (secondary N) is 2. The van der Waals surface area contributed by atoms with Crippen molar-refractivity contribution >= 4 is 46.3 Å². The summed E-state index contributed by atoms with van der Waals surface area (Å²) >= 11 is 0. The van der Waals surface area contributed by atoms with E-state index in [1.807, 2.05) is 44.3 Å². The zero-order valence-electron chi connectivity index (χ0n) is 42.5. The third-order valence-electron chi connectivity index (χ3n) is 13.2. The number of benzene rings is 3. The molecule has 16 heteroatoms. The van der Waals surface area contributed by atoms with E-state index >= 15 is 0 Å². The Morgan fingerprint density at radius 2 is 1.79 bits per heavy atom. The van der Waals surface area contributed by atoms with Crippen molar-refractivity contribution in [2.45, 2.75) is 105 Å². The summed E-state index contributed by atoms with van der Waals surface area (Å²) in [6, 6.07) is 21.8. The van der Waals surface area contributed by atoms with Crippen molar-refractivity contribution in [2.24, 2.45) is 21.3 Å². The average Bonchev–Trinajstić information content (AvgIpc) is 3.66. The maximum atomic E-state index is 14.7. The first-order chi connectivity index (χ1) is 34.2. The van der Waals surface area contributed by atoms with Crippen molar-refractivity contribution in [1.82, 2.24) is 30.2 Å². The van der Waals surface area contributed by atoms with Crippen LogP contribution in [0.4, 0.5) is 5.69 Å². The second-order valence-electron chi connectivity index (χ2n) is 19.5. The van der Waals surface area contributed by atoms with Crippen LogP contribution in [0.25, 0.3) is 33.3 Å². The minimum Gasteiger partial charge on any atom is -0.497 e. The summed E-state index contributed by atoms with van der Waals surface area (Å²) in [6.07, 6.45) is 5.44. The highest BCUT2D eigenvalue weighted by Gasteiger charge is 2.37. The summed E-state index contributed by atoms with van der Waals surface area (Å²) in [5.41, 5.74) is 12.1. The lowest BCUT2D eigenvalue weighted by Gasteiger charge is -2.36. The fraction of sp³-hybridized carbons (Fsp3) is 0.455. The van der Waals surface area contributed by atoms with Gasteiger partial charge in [-0.15, -0.1) is 0 Å². The maximum Gasteiger partial charge on any atom is 0.324 e. The molecule has 2 aliphatic heterocycles. The predicted molar refractivity (Wildman–Crippen MR) is 273 cm³/mol. The number of hydrazine groups is 1. The number of rotatable bonds is 15. The molecule has 16 nitrogen and oxygen atoms in total. The van der Waals surface area contributed by atoms with Gasteiger partial charge in [0.15, 0.2) is 0 Å². The number of amides is 3. The first-order valence-electron chi connectivity index (χ1n) is 24.4. The van der Waals surface area contributed by atoms with Crippen LogP contribution in [0.3, 0.4) is 0 Å². The number of likely N-dealkylation sites (N-methyl/N-ethyl adjacent to an activating group) is 1. The van der Waals surface area contributed by atoms with Gasteiger partial charge in [0.2, 0.25) is 11.8 Å². The number of cyclic esters (lactones) is 1. The van der Waals surface area contributed by atoms with E-state index in [-0.39, 0.29) is 37.8 Å². The molecule has 4 heterocycles. The third kappa shape index (κ3) is 12.3. The zero-order valence-corrected chi connectivity index (χ0v) is 42.5. The molecule has 376 valence electrons. The summed E-state index contributed by atoms with van der Waals surface area (Å²) in [5.74, 6) is -1.29. The highest BCUT2D eigenvalue weighted by Crippen LogP contribution is 2.41. The van der Waals surface area contributed by atoms with E-state index in [1.54, 1.807) is 46.7 Å². The maximum absolute atomic E-state index is 14.7. The normalized spacial score (nSPS) is 17.5. The minimum atomic E-state index is -1.06. The standard InChI is InChI=1S/C55H68N8O8/c1-10-62-48-19-16-38-28-42(48)43(51(62)44-30-56-22-20-39(44)31-68-7)29-55(4,5)33-71-54(67)46-15-12-24-63(60-46)53(66)47(26-36-13-11-14-37(38)25-36)59-52(65)50(35(2)3)61(6)49(64)21-23-57-34-58-45-18-17-41(70-9)27-40(45)32-69-8/h11,13-14,16-20,22,25,27-28,30,35,46-47,50,60H,10,12,15,21,23-24,26,29,31-33H2,1-9H3,(H,59,65)/t46-,47-,50?/m0/s1. The number of aliphatic imine (C=N–C) groups is 2. The van der Waals surface area contributed by atoms with Gasteiger partial charge in [0, 0.05) is 87.0 Å². The molecular weight excluding hydrogens is 901 g/mol. The van der Waals surface area contributed by atoms with Crippen LogP contribution in [0.2, 0.25) is 0 Å². The molecule has 1 unspecified atom stereocenters. The van der Waals surface area contributed by atoms with Gasteiger partial charge in [-0.05, 0) is 96.3 Å². The number of aromatic nitrogens is 2. The number of hydrogen-bond acceptors (Lipinski definition) is 12. The van der Waals surface area contributed by atoms with E-state index in [9.17, 15) is 19.2 Å². The number of nitrogens with zero attached hydrogens (tertiary/aromatic N) is 6. The van der Waals surface area contributed by atoms with Crippen molar-refractivity contribution in [3.8, 4) is 28.1 Å². The minimum absolute atomic E-state index is 0.000659. The van der Waals surface area contributed by atoms with Gasteiger partial charge in [-0.1, -0.05) is 58.0 Å². The molecule has 1 fully saturated rings. The summed E-state index contributed by atoms with van der Waals surface area (Å²) in [6.45, 7) is 12.0. The number of methoxy groups -OCH3 is 3. The van der Waals surface area contributed by atoms with Crippen molar-refractivity contribution < 1.29 is 38.1 Å². The molecular formula is C55H68N8O8. The van der Waals surface area contributed by atoms with Crippen molar-refractivity contribution in [3.63, 3.8) is 0 Å². The molecule has 0 saturated carbocycles. The Morgan fingerprint density at radius 1 is 1.01 bits per heavy atom. The lowest BCUT2D eigenvalue weighted by Crippen LogP contribution is -2.62. The lowest BCUT2D eigenvalue weighted by atomic mass is 9.84. The first kappa shape index (κ1) is 52.1. The number of carbonyl (C=O) groups is 4. The molecule has 2 aromatic heterocycles. The van der Waals surface area contributed by atoms with Crippen molar-refractivity contribution in [1.29, 1.82) is 0 Å². The number of carbonyl (C=O) groups excluding carboxylic acids is 4. The van der Waals surface area contributed by atoms with Gasteiger partial charge in [0.1, 0.15) is 23.9 Å². The van der Waals surface area contributed by atoms with E-state index in [0.29, 0.717) is 57.0 Å². The van der Waals surface area contributed by atoms with Crippen LogP contribution >= 0.6 is 0 Å². The highest BCUT2D eigenvalue weighted by molar-refractivity contribution is 5.96. The predicted octanol–water partition coefficient (Wildman–Crippen LogP) is 7.72. The second-order valence-corrected chi connectivity index (χ2v) is 19.5. The quantitative estimate of drug-likeness (QED) is 0.0780. The van der Waals surface area contributed by atoms with Gasteiger partial charge in [0.25, 0.3) is 5.91 Å². The Balaban J connectivity index is 1.20. The van der Waals surface area contributed by atoms with Gasteiger partial charge in [-0.2, -0.15) is 4.99 Å². The summed E-state index contributed by atoms with van der Waals surface area (Å²) in [4.78, 5) is 71.4. The number of fused-ring (bicyclic) bond motifs is 6. The molecule has 71 heavy (non-hydrogen) atoms. The molecule has 2 N–H and O–H groups in total. The third-order valence-corrected chi connectivity index (χ3v) is 13.2. The molecule has 3 aromatic carbocycles. The number of esters is 1. The topological polar surface area (TPSA) is 178 Å². The summed E-state index contributed by atoms with van der Waals surface area (Å²) in [7, 11) is 6.46. The van der Waals surface area contributed by atoms with Crippen LogP contribution in [-0.4, -0.2) is 115 Å². The molecule has 2 aliphatic rings. The van der Waals surface area contributed by atoms with Crippen molar-refractivity contribution in [3.05, 3.63) is 101 Å². The summed E-state index contributed by atoms with van der Waals surface area (Å²) < 4.78 is 24.7. The average molecular weight is 969 g/mol. The second kappa shape index (κ2) is 23.5. The summed E-state index contributed by atoms with van der Waals surface area (Å²) in [5, 5.41) is 5.57. The molecule has 3 amide bonds. The first-order valence-corrected chi connectivity index (χ1v) is 24.4. The molecule has 5 aromatic rings. The number of hydrogen-bond donors (Lipinski definition) is 2. The Morgan fingerprint density at radius 3 is 2.54 bits per heavy atom. The smallest absolute Gasteiger partial charge is 0.324 e. The van der Waals surface area contributed by atoms with Gasteiger partial charge in [-0.3, -0.25) is 29.2 Å². The van der Waals surface area contributed by atoms with E-state index < -0.39 is 41.3 Å². The Kier molecular flexibility index (Phi) is 17.2. The molecule has 1 saturated heterocycles. The van der Waals surface area contributed by atoms with Gasteiger partial charge >= 0.3 is 5.97 Å². The van der Waals surface area contributed by atoms with Crippen LogP contribution in [-0.2, 0) is 66.0 Å². The molecule has 7 rings (SSSR count). The molecule has 3 atom stereocenters. The number of aryl methyl sites for hydroxylation is 1. The molecule has 0 spiro atoms. The molecule has 6 bridgehead atoms. The number of pyridine rings is 1. The van der Waals surface area contributed by atoms with Crippen molar-refractivity contribution in [2.75, 3.05) is 48.1 Å². The van der Waals surface area contributed by atoms with E-state index in [2.05, 4.69) is 87.4 Å². The lowest BCUT2D eigenvalue weighted by molar-refractivity contribution is -0.155. The van der Waals surface area contributed by atoms with Crippen LogP contribution < -0.4 is 15.5 Å². The zero-order chi connectivity index (χ0) is 50.8. The van der Waals surface area contributed by atoms with Gasteiger partial charge in [0.05, 0.1) is 50.9 Å². The largest absolute Gasteiger partial charge is 0.497 e. The number of ether oxygens (including phenoxy) is 4. The SMILES string of the molecule is CCn1c(-c2cnccc2COC)c2c3cc(ccc31)-c1cccc(c1)C[C@H](NC(=O)C(C(C)C)N(C)C(=O)CCN=C=Nc1ccc(OC)cc1COC)C(=O)N1CCC[C@H](N1)C(=O)OCC(C)(C)C2. The Bertz CT molecular complexity index is 2800. The van der Waals surface area contributed by atoms with Crippen LogP contribution in [0.5, 0.6) is 5.75 Å². The van der Waals surface area contributed by atoms with E-state index in [1.165, 1.54) is 9.91 Å². The van der Waals surface area contributed by atoms with Gasteiger partial charge in [-0.25, -0.2) is 10.4 Å². The van der Waals surface area contributed by atoms with E-state index in [0.717, 1.165) is 55.5 Å². The van der Waals surface area contributed by atoms with Crippen LogP contribution in [0, 0.1) is 11.3 Å². The highest BCUT2D eigenvalue weighted by atomic mass is 16.5. The van der Waals surface area contributed by atoms with Gasteiger partial charge < -0.3 is 33.7 Å².